The number of hydrogen-bond acceptors (Lipinski definition) is 7. The molecule has 0 radical (unpaired) electrons. The maximum Gasteiger partial charge on any atom is 0.325 e. The third-order valence-electron chi connectivity index (χ3n) is 4.20. The summed E-state index contributed by atoms with van der Waals surface area (Å²) in [5.74, 6) is -0.166. The first-order valence-electron chi connectivity index (χ1n) is 8.66. The van der Waals surface area contributed by atoms with Crippen LogP contribution in [-0.2, 0) is 25.9 Å². The molecule has 2 aromatic carbocycles. The van der Waals surface area contributed by atoms with Gasteiger partial charge in [-0.25, -0.2) is 8.42 Å². The number of sulfone groups is 1. The molecule has 0 saturated carbocycles. The second-order valence-electron chi connectivity index (χ2n) is 6.38. The van der Waals surface area contributed by atoms with Gasteiger partial charge in [-0.15, -0.1) is 0 Å². The molecular formula is C20H22ClNO7S. The van der Waals surface area contributed by atoms with Crippen molar-refractivity contribution in [1.82, 2.24) is 4.90 Å². The molecule has 0 fully saturated rings. The third-order valence-corrected chi connectivity index (χ3v) is 5.78. The van der Waals surface area contributed by atoms with Crippen LogP contribution >= 0.6 is 11.6 Å². The summed E-state index contributed by atoms with van der Waals surface area (Å²) in [7, 11) is 0.557. The van der Waals surface area contributed by atoms with E-state index in [1.54, 1.807) is 18.2 Å². The van der Waals surface area contributed by atoms with Crippen LogP contribution in [0.3, 0.4) is 0 Å². The molecule has 10 heteroatoms. The summed E-state index contributed by atoms with van der Waals surface area (Å²) in [6.07, 6.45) is 0.997. The van der Waals surface area contributed by atoms with Gasteiger partial charge in [0.15, 0.2) is 9.84 Å². The van der Waals surface area contributed by atoms with E-state index < -0.39 is 21.7 Å². The highest BCUT2D eigenvalue weighted by Gasteiger charge is 2.23. The maximum atomic E-state index is 13.1. The number of esters is 1. The van der Waals surface area contributed by atoms with Gasteiger partial charge in [0.25, 0.3) is 5.91 Å². The summed E-state index contributed by atoms with van der Waals surface area (Å²) in [5, 5.41) is 0.00565. The first-order valence-corrected chi connectivity index (χ1v) is 10.9. The Morgan fingerprint density at radius 1 is 1.00 bits per heavy atom. The lowest BCUT2D eigenvalue weighted by atomic mass is 10.1. The van der Waals surface area contributed by atoms with Crippen LogP contribution in [0.1, 0.15) is 15.9 Å². The number of methoxy groups -OCH3 is 3. The van der Waals surface area contributed by atoms with Crippen molar-refractivity contribution in [2.24, 2.45) is 0 Å². The minimum Gasteiger partial charge on any atom is -0.497 e. The van der Waals surface area contributed by atoms with Crippen LogP contribution in [0.4, 0.5) is 0 Å². The van der Waals surface area contributed by atoms with E-state index in [1.165, 1.54) is 44.4 Å². The highest BCUT2D eigenvalue weighted by Crippen LogP contribution is 2.26. The topological polar surface area (TPSA) is 99.2 Å². The summed E-state index contributed by atoms with van der Waals surface area (Å²) in [6, 6.07) is 8.99. The van der Waals surface area contributed by atoms with Crippen molar-refractivity contribution in [2.45, 2.75) is 11.4 Å². The van der Waals surface area contributed by atoms with Crippen LogP contribution in [0.25, 0.3) is 0 Å². The Balaban J connectivity index is 2.45. The Morgan fingerprint density at radius 3 is 2.10 bits per heavy atom. The van der Waals surface area contributed by atoms with Gasteiger partial charge in [0.1, 0.15) is 18.0 Å². The predicted octanol–water partition coefficient (Wildman–Crippen LogP) is 2.58. The van der Waals surface area contributed by atoms with E-state index in [2.05, 4.69) is 0 Å². The minimum absolute atomic E-state index is 0.00565. The van der Waals surface area contributed by atoms with Gasteiger partial charge in [0.05, 0.1) is 31.2 Å². The second-order valence-corrected chi connectivity index (χ2v) is 8.77. The Bertz CT molecular complexity index is 1030. The Morgan fingerprint density at radius 2 is 1.60 bits per heavy atom. The molecule has 0 aliphatic heterocycles. The number of nitrogens with zero attached hydrogens (tertiary/aromatic N) is 1. The highest BCUT2D eigenvalue weighted by atomic mass is 35.5. The zero-order chi connectivity index (χ0) is 22.5. The molecule has 30 heavy (non-hydrogen) atoms. The maximum absolute atomic E-state index is 13.1. The molecule has 162 valence electrons. The van der Waals surface area contributed by atoms with Gasteiger partial charge in [-0.3, -0.25) is 9.59 Å². The Hall–Kier alpha value is -2.78. The molecule has 0 N–H and O–H groups in total. The molecule has 0 heterocycles. The number of amides is 1. The smallest absolute Gasteiger partial charge is 0.325 e. The van der Waals surface area contributed by atoms with Crippen LogP contribution in [0.15, 0.2) is 41.3 Å². The third kappa shape index (κ3) is 5.87. The van der Waals surface area contributed by atoms with Gasteiger partial charge in [-0.2, -0.15) is 0 Å². The first kappa shape index (κ1) is 23.5. The van der Waals surface area contributed by atoms with E-state index in [-0.39, 0.29) is 28.6 Å². The predicted molar refractivity (Wildman–Crippen MR) is 111 cm³/mol. The van der Waals surface area contributed by atoms with Crippen LogP contribution in [-0.4, -0.2) is 59.3 Å². The first-order chi connectivity index (χ1) is 14.1. The fourth-order valence-corrected chi connectivity index (χ4v) is 4.00. The number of rotatable bonds is 8. The van der Waals surface area contributed by atoms with Crippen LogP contribution in [0, 0.1) is 0 Å². The van der Waals surface area contributed by atoms with Crippen LogP contribution in [0.5, 0.6) is 11.5 Å². The van der Waals surface area contributed by atoms with E-state index in [0.717, 1.165) is 6.26 Å². The number of hydrogen-bond donors (Lipinski definition) is 0. The zero-order valence-corrected chi connectivity index (χ0v) is 18.5. The molecular weight excluding hydrogens is 434 g/mol. The summed E-state index contributed by atoms with van der Waals surface area (Å²) in [4.78, 5) is 26.1. The lowest BCUT2D eigenvalue weighted by Gasteiger charge is -2.22. The molecule has 8 nitrogen and oxygen atoms in total. The zero-order valence-electron chi connectivity index (χ0n) is 17.0. The number of ether oxygens (including phenoxy) is 3. The molecule has 0 atom stereocenters. The molecule has 0 spiro atoms. The van der Waals surface area contributed by atoms with E-state index in [4.69, 9.17) is 25.8 Å². The quantitative estimate of drug-likeness (QED) is 0.564. The molecule has 0 aliphatic rings. The van der Waals surface area contributed by atoms with E-state index in [1.807, 2.05) is 0 Å². The van der Waals surface area contributed by atoms with Gasteiger partial charge < -0.3 is 19.1 Å². The second kappa shape index (κ2) is 9.82. The average Bonchev–Trinajstić information content (AvgIpc) is 2.71. The summed E-state index contributed by atoms with van der Waals surface area (Å²) in [5.41, 5.74) is 0.708. The molecule has 2 rings (SSSR count). The van der Waals surface area contributed by atoms with Crippen molar-refractivity contribution in [3.8, 4) is 11.5 Å². The largest absolute Gasteiger partial charge is 0.497 e. The molecule has 0 aliphatic carbocycles. The molecule has 1 amide bonds. The lowest BCUT2D eigenvalue weighted by Crippen LogP contribution is -2.35. The number of halogens is 1. The number of benzene rings is 2. The molecule has 0 unspecified atom stereocenters. The number of carbonyl (C=O) groups excluding carboxylic acids is 2. The molecule has 0 aromatic heterocycles. The van der Waals surface area contributed by atoms with E-state index in [0.29, 0.717) is 17.1 Å². The Labute approximate surface area is 180 Å². The van der Waals surface area contributed by atoms with Crippen molar-refractivity contribution in [3.05, 3.63) is 52.5 Å². The van der Waals surface area contributed by atoms with Crippen LogP contribution < -0.4 is 9.47 Å². The van der Waals surface area contributed by atoms with Crippen molar-refractivity contribution in [1.29, 1.82) is 0 Å². The molecule has 0 saturated heterocycles. The van der Waals surface area contributed by atoms with Crippen molar-refractivity contribution < 1.29 is 32.2 Å². The number of carbonyl (C=O) groups is 2. The van der Waals surface area contributed by atoms with Crippen molar-refractivity contribution in [2.75, 3.05) is 34.1 Å². The van der Waals surface area contributed by atoms with Crippen LogP contribution in [0.2, 0.25) is 5.02 Å². The summed E-state index contributed by atoms with van der Waals surface area (Å²) >= 11 is 5.96. The highest BCUT2D eigenvalue weighted by molar-refractivity contribution is 7.90. The van der Waals surface area contributed by atoms with E-state index in [9.17, 15) is 18.0 Å². The van der Waals surface area contributed by atoms with E-state index >= 15 is 0 Å². The Kier molecular flexibility index (Phi) is 7.69. The average molecular weight is 456 g/mol. The van der Waals surface area contributed by atoms with Crippen molar-refractivity contribution >= 4 is 33.3 Å². The van der Waals surface area contributed by atoms with Gasteiger partial charge in [0, 0.05) is 24.4 Å². The minimum atomic E-state index is -3.65. The van der Waals surface area contributed by atoms with Gasteiger partial charge in [-0.1, -0.05) is 11.6 Å². The fourth-order valence-electron chi connectivity index (χ4n) is 2.70. The summed E-state index contributed by atoms with van der Waals surface area (Å²) < 4.78 is 39.1. The monoisotopic (exact) mass is 455 g/mol. The normalized spacial score (nSPS) is 11.0. The lowest BCUT2D eigenvalue weighted by molar-refractivity contribution is -0.141. The molecule has 0 bridgehead atoms. The standard InChI is InChI=1S/C20H22ClNO7S/c1-27-15-7-13(8-16(10-15)28-2)11-22(12-19(23)29-3)20(24)14-5-6-17(21)18(9-14)30(4,25)26/h5-10H,11-12H2,1-4H3. The fraction of sp³-hybridized carbons (Fsp3) is 0.300. The van der Waals surface area contributed by atoms with Gasteiger partial charge in [0.2, 0.25) is 0 Å². The summed E-state index contributed by atoms with van der Waals surface area (Å²) in [6.45, 7) is -0.315. The van der Waals surface area contributed by atoms with Crippen molar-refractivity contribution in [3.63, 3.8) is 0 Å². The SMILES string of the molecule is COC(=O)CN(Cc1cc(OC)cc(OC)c1)C(=O)c1ccc(Cl)c(S(C)(=O)=O)c1. The molecule has 2 aromatic rings. The van der Waals surface area contributed by atoms with Gasteiger partial charge >= 0.3 is 5.97 Å². The van der Waals surface area contributed by atoms with Gasteiger partial charge in [-0.05, 0) is 35.9 Å².